The lowest BCUT2D eigenvalue weighted by atomic mass is 10.1. The first-order chi connectivity index (χ1) is 10.9. The van der Waals surface area contributed by atoms with E-state index in [4.69, 9.17) is 0 Å². The molecule has 126 valence electrons. The van der Waals surface area contributed by atoms with Crippen LogP contribution in [0.5, 0.6) is 0 Å². The van der Waals surface area contributed by atoms with Crippen molar-refractivity contribution in [3.05, 3.63) is 30.3 Å². The lowest BCUT2D eigenvalue weighted by Gasteiger charge is -2.32. The largest absolute Gasteiger partial charge is 0.375 e. The molecule has 1 aromatic carbocycles. The van der Waals surface area contributed by atoms with Crippen molar-refractivity contribution in [1.29, 1.82) is 0 Å². The Labute approximate surface area is 142 Å². The molecule has 0 aliphatic carbocycles. The van der Waals surface area contributed by atoms with E-state index in [9.17, 15) is 9.59 Å². The summed E-state index contributed by atoms with van der Waals surface area (Å²) in [5.74, 6) is 0.454. The van der Waals surface area contributed by atoms with Gasteiger partial charge in [-0.15, -0.1) is 11.8 Å². The summed E-state index contributed by atoms with van der Waals surface area (Å²) in [4.78, 5) is 26.2. The predicted octanol–water partition coefficient (Wildman–Crippen LogP) is 1.64. The maximum atomic E-state index is 12.1. The van der Waals surface area contributed by atoms with E-state index < -0.39 is 10.8 Å². The van der Waals surface area contributed by atoms with E-state index in [1.807, 2.05) is 39.1 Å². The molecule has 1 heterocycles. The average Bonchev–Trinajstić information content (AvgIpc) is 2.54. The Morgan fingerprint density at radius 2 is 2.09 bits per heavy atom. The molecular weight excluding hydrogens is 310 g/mol. The van der Waals surface area contributed by atoms with Crippen LogP contribution in [0.2, 0.25) is 0 Å². The molecule has 1 saturated heterocycles. The van der Waals surface area contributed by atoms with E-state index in [2.05, 4.69) is 27.7 Å². The van der Waals surface area contributed by atoms with Crippen LogP contribution in [0.25, 0.3) is 0 Å². The van der Waals surface area contributed by atoms with Crippen molar-refractivity contribution in [3.63, 3.8) is 0 Å². The van der Waals surface area contributed by atoms with Crippen molar-refractivity contribution < 1.29 is 9.59 Å². The number of anilines is 1. The van der Waals surface area contributed by atoms with Gasteiger partial charge in [-0.1, -0.05) is 18.2 Å². The molecule has 1 fully saturated rings. The normalized spacial score (nSPS) is 19.8. The van der Waals surface area contributed by atoms with Gasteiger partial charge in [-0.05, 0) is 32.4 Å². The second-order valence-electron chi connectivity index (χ2n) is 6.25. The van der Waals surface area contributed by atoms with Crippen molar-refractivity contribution in [1.82, 2.24) is 10.6 Å². The molecule has 1 aliphatic heterocycles. The quantitative estimate of drug-likeness (QED) is 0.776. The molecule has 2 amide bonds. The van der Waals surface area contributed by atoms with Crippen molar-refractivity contribution >= 4 is 29.3 Å². The summed E-state index contributed by atoms with van der Waals surface area (Å²) in [7, 11) is 2.04. The number of hydrogen-bond donors (Lipinski definition) is 2. The van der Waals surface area contributed by atoms with Gasteiger partial charge in [0.1, 0.15) is 6.04 Å². The van der Waals surface area contributed by atoms with Crippen LogP contribution in [0.15, 0.2) is 30.3 Å². The monoisotopic (exact) mass is 335 g/mol. The molecule has 0 aromatic heterocycles. The Hall–Kier alpha value is -1.69. The van der Waals surface area contributed by atoms with Crippen LogP contribution in [0, 0.1) is 0 Å². The van der Waals surface area contributed by atoms with E-state index in [-0.39, 0.29) is 11.8 Å². The van der Waals surface area contributed by atoms with E-state index in [1.54, 1.807) is 0 Å². The third-order valence-corrected chi connectivity index (χ3v) is 5.35. The predicted molar refractivity (Wildman–Crippen MR) is 95.8 cm³/mol. The van der Waals surface area contributed by atoms with Crippen LogP contribution in [0.4, 0.5) is 5.69 Å². The first-order valence-corrected chi connectivity index (χ1v) is 8.87. The van der Waals surface area contributed by atoms with Gasteiger partial charge in [0.15, 0.2) is 0 Å². The average molecular weight is 335 g/mol. The van der Waals surface area contributed by atoms with Gasteiger partial charge in [-0.25, -0.2) is 0 Å². The number of nitrogens with one attached hydrogen (secondary N) is 2. The Bertz CT molecular complexity index is 548. The van der Waals surface area contributed by atoms with Crippen LogP contribution in [0.3, 0.4) is 0 Å². The highest BCUT2D eigenvalue weighted by Crippen LogP contribution is 2.28. The minimum atomic E-state index is -0.449. The molecule has 23 heavy (non-hydrogen) atoms. The molecule has 0 saturated carbocycles. The summed E-state index contributed by atoms with van der Waals surface area (Å²) in [5, 5.41) is 5.71. The first-order valence-electron chi connectivity index (χ1n) is 7.89. The van der Waals surface area contributed by atoms with Crippen molar-refractivity contribution in [2.24, 2.45) is 0 Å². The number of para-hydroxylation sites is 1. The molecule has 0 radical (unpaired) electrons. The molecule has 1 atom stereocenters. The molecular formula is C17H25N3O2S. The summed E-state index contributed by atoms with van der Waals surface area (Å²) in [5.41, 5.74) is 1.16. The van der Waals surface area contributed by atoms with Crippen LogP contribution in [-0.2, 0) is 9.59 Å². The number of thioether (sulfide) groups is 1. The zero-order valence-corrected chi connectivity index (χ0v) is 14.8. The first kappa shape index (κ1) is 17.7. The maximum Gasteiger partial charge on any atom is 0.243 e. The van der Waals surface area contributed by atoms with Gasteiger partial charge < -0.3 is 15.5 Å². The zero-order valence-electron chi connectivity index (χ0n) is 14.0. The Kier molecular flexibility index (Phi) is 5.93. The number of amides is 2. The molecule has 6 heteroatoms. The molecule has 0 unspecified atom stereocenters. The summed E-state index contributed by atoms with van der Waals surface area (Å²) < 4.78 is -0.449. The summed E-state index contributed by atoms with van der Waals surface area (Å²) in [6.07, 6.45) is 0.858. The highest BCUT2D eigenvalue weighted by molar-refractivity contribution is 8.01. The van der Waals surface area contributed by atoms with Crippen LogP contribution >= 0.6 is 11.8 Å². The zero-order chi connectivity index (χ0) is 16.9. The van der Waals surface area contributed by atoms with E-state index in [1.165, 1.54) is 11.8 Å². The molecule has 1 aliphatic rings. The topological polar surface area (TPSA) is 61.4 Å². The number of benzene rings is 1. The number of carbonyl (C=O) groups is 2. The fraction of sp³-hybridized carbons (Fsp3) is 0.529. The Morgan fingerprint density at radius 3 is 2.74 bits per heavy atom. The van der Waals surface area contributed by atoms with E-state index in [0.29, 0.717) is 12.3 Å². The number of carbonyl (C=O) groups excluding carboxylic acids is 2. The standard InChI is InChI=1S/C17H25N3O2S/c1-17(2)16(22)19-14(12-23-17)15(21)18-10-7-11-20(3)13-8-5-4-6-9-13/h4-6,8-9,14H,7,10-12H2,1-3H3,(H,18,21)(H,19,22)/t14-/m1/s1. The van der Waals surface area contributed by atoms with Gasteiger partial charge in [-0.2, -0.15) is 0 Å². The second kappa shape index (κ2) is 7.73. The maximum absolute atomic E-state index is 12.1. The minimum absolute atomic E-state index is 0.0716. The van der Waals surface area contributed by atoms with Crippen LogP contribution in [0.1, 0.15) is 20.3 Å². The molecule has 1 aromatic rings. The Balaban J connectivity index is 1.68. The molecule has 0 spiro atoms. The SMILES string of the molecule is CN(CCCNC(=O)[C@H]1CSC(C)(C)C(=O)N1)c1ccccc1. The van der Waals surface area contributed by atoms with E-state index >= 15 is 0 Å². The minimum Gasteiger partial charge on any atom is -0.375 e. The number of hydrogen-bond acceptors (Lipinski definition) is 4. The van der Waals surface area contributed by atoms with Gasteiger partial charge in [0.05, 0.1) is 4.75 Å². The summed E-state index contributed by atoms with van der Waals surface area (Å²) in [6.45, 7) is 5.22. The molecule has 0 bridgehead atoms. The second-order valence-corrected chi connectivity index (χ2v) is 7.89. The summed E-state index contributed by atoms with van der Waals surface area (Å²) in [6, 6.07) is 9.73. The van der Waals surface area contributed by atoms with E-state index in [0.717, 1.165) is 18.7 Å². The highest BCUT2D eigenvalue weighted by Gasteiger charge is 2.37. The molecule has 2 rings (SSSR count). The van der Waals surface area contributed by atoms with Gasteiger partial charge in [0.25, 0.3) is 0 Å². The van der Waals surface area contributed by atoms with Crippen LogP contribution < -0.4 is 15.5 Å². The van der Waals surface area contributed by atoms with Crippen LogP contribution in [-0.4, -0.2) is 48.5 Å². The number of rotatable bonds is 6. The molecule has 2 N–H and O–H groups in total. The van der Waals surface area contributed by atoms with Crippen molar-refractivity contribution in [2.75, 3.05) is 30.8 Å². The lowest BCUT2D eigenvalue weighted by Crippen LogP contribution is -2.57. The van der Waals surface area contributed by atoms with Crippen molar-refractivity contribution in [2.45, 2.75) is 31.1 Å². The van der Waals surface area contributed by atoms with Crippen molar-refractivity contribution in [3.8, 4) is 0 Å². The fourth-order valence-electron chi connectivity index (χ4n) is 2.33. The van der Waals surface area contributed by atoms with Gasteiger partial charge >= 0.3 is 0 Å². The third kappa shape index (κ3) is 4.89. The molecule has 5 nitrogen and oxygen atoms in total. The summed E-state index contributed by atoms with van der Waals surface area (Å²) >= 11 is 1.53. The van der Waals surface area contributed by atoms with Gasteiger partial charge in [0.2, 0.25) is 11.8 Å². The van der Waals surface area contributed by atoms with Gasteiger partial charge in [-0.3, -0.25) is 9.59 Å². The highest BCUT2D eigenvalue weighted by atomic mass is 32.2. The number of nitrogens with zero attached hydrogens (tertiary/aromatic N) is 1. The fourth-order valence-corrected chi connectivity index (χ4v) is 3.34. The lowest BCUT2D eigenvalue weighted by molar-refractivity contribution is -0.129. The third-order valence-electron chi connectivity index (χ3n) is 3.95. The Morgan fingerprint density at radius 1 is 1.39 bits per heavy atom. The smallest absolute Gasteiger partial charge is 0.243 e. The van der Waals surface area contributed by atoms with Gasteiger partial charge in [0, 0.05) is 31.6 Å².